The zero-order valence-corrected chi connectivity index (χ0v) is 21.4. The van der Waals surface area contributed by atoms with E-state index in [1.165, 1.54) is 12.8 Å². The first kappa shape index (κ1) is 23.9. The summed E-state index contributed by atoms with van der Waals surface area (Å²) in [5.74, 6) is -0.00418. The van der Waals surface area contributed by atoms with Gasteiger partial charge in [0, 0.05) is 34.8 Å². The van der Waals surface area contributed by atoms with Crippen LogP contribution < -0.4 is 5.32 Å². The highest BCUT2D eigenvalue weighted by Crippen LogP contribution is 2.45. The molecule has 3 fully saturated rings. The first-order chi connectivity index (χ1) is 15.6. The normalized spacial score (nSPS) is 29.7. The largest absolute Gasteiger partial charge is 0.367 e. The molecule has 2 saturated heterocycles. The number of nitrogens with zero attached hydrogens (tertiary/aromatic N) is 3. The number of anilines is 1. The molecule has 11 nitrogen and oxygen atoms in total. The van der Waals surface area contributed by atoms with E-state index in [0.29, 0.717) is 9.87 Å². The van der Waals surface area contributed by atoms with Crippen molar-refractivity contribution in [1.82, 2.24) is 14.5 Å². The Bertz CT molecular complexity index is 1070. The molecule has 2 aliphatic heterocycles. The van der Waals surface area contributed by atoms with Crippen molar-refractivity contribution in [2.45, 2.75) is 75.9 Å². The highest BCUT2D eigenvalue weighted by Gasteiger charge is 2.56. The van der Waals surface area contributed by atoms with Gasteiger partial charge in [0.2, 0.25) is 0 Å². The minimum Gasteiger partial charge on any atom is -0.367 e. The monoisotopic (exact) mass is 594 g/mol. The molecule has 1 aliphatic carbocycles. The Hall–Kier alpha value is -0.860. The van der Waals surface area contributed by atoms with Crippen molar-refractivity contribution < 1.29 is 33.3 Å². The lowest BCUT2D eigenvalue weighted by Crippen LogP contribution is -2.33. The summed E-state index contributed by atoms with van der Waals surface area (Å²) in [6.07, 6.45) is 3.98. The third kappa shape index (κ3) is 5.08. The standard InChI is InChI=1S/C20H28IN4O7P/c1-20(2)31-14-13(9-29-10-33(26,27)28)30-18(15(14)32-20)25-8-7-12-16(22-11-5-3-4-6-11)23-19(21)24-17(12)25/h7-8,11,13-15,18H,3-6,9-10H2,1-2H3,(H,22,23,24)(H2,26,27,28)/t13-,14-,15-,18-/m1/s1. The molecule has 1 saturated carbocycles. The minimum absolute atomic E-state index is 0.0254. The number of halogens is 1. The van der Waals surface area contributed by atoms with E-state index in [2.05, 4.69) is 37.9 Å². The fraction of sp³-hybridized carbons (Fsp3) is 0.700. The van der Waals surface area contributed by atoms with Gasteiger partial charge in [-0.25, -0.2) is 9.97 Å². The zero-order chi connectivity index (χ0) is 23.4. The van der Waals surface area contributed by atoms with E-state index in [1.54, 1.807) is 0 Å². The third-order valence-electron chi connectivity index (χ3n) is 6.18. The first-order valence-corrected chi connectivity index (χ1v) is 13.9. The van der Waals surface area contributed by atoms with Crippen molar-refractivity contribution in [2.75, 3.05) is 18.3 Å². The molecule has 4 atom stereocenters. The summed E-state index contributed by atoms with van der Waals surface area (Å²) < 4.78 is 37.5. The number of fused-ring (bicyclic) bond motifs is 2. The maximum absolute atomic E-state index is 11.2. The second-order valence-electron chi connectivity index (χ2n) is 9.22. The second kappa shape index (κ2) is 8.98. The highest BCUT2D eigenvalue weighted by atomic mass is 127. The van der Waals surface area contributed by atoms with Gasteiger partial charge >= 0.3 is 7.60 Å². The van der Waals surface area contributed by atoms with Gasteiger partial charge in [0.15, 0.2) is 15.8 Å². The molecule has 182 valence electrons. The zero-order valence-electron chi connectivity index (χ0n) is 18.4. The van der Waals surface area contributed by atoms with E-state index >= 15 is 0 Å². The topological polar surface area (TPSA) is 137 Å². The van der Waals surface area contributed by atoms with Crippen LogP contribution in [0.4, 0.5) is 5.82 Å². The highest BCUT2D eigenvalue weighted by molar-refractivity contribution is 14.1. The van der Waals surface area contributed by atoms with Crippen molar-refractivity contribution in [1.29, 1.82) is 0 Å². The van der Waals surface area contributed by atoms with Crippen LogP contribution in [-0.4, -0.2) is 67.4 Å². The predicted octanol–water partition coefficient (Wildman–Crippen LogP) is 2.96. The molecule has 13 heteroatoms. The van der Waals surface area contributed by atoms with Crippen LogP contribution in [0.5, 0.6) is 0 Å². The average molecular weight is 594 g/mol. The summed E-state index contributed by atoms with van der Waals surface area (Å²) >= 11 is 2.12. The van der Waals surface area contributed by atoms with Crippen LogP contribution in [0.2, 0.25) is 0 Å². The summed E-state index contributed by atoms with van der Waals surface area (Å²) in [6, 6.07) is 2.39. The van der Waals surface area contributed by atoms with Gasteiger partial charge in [-0.2, -0.15) is 0 Å². The lowest BCUT2D eigenvalue weighted by molar-refractivity contribution is -0.201. The molecule has 0 amide bonds. The van der Waals surface area contributed by atoms with Gasteiger partial charge in [-0.3, -0.25) is 4.57 Å². The Morgan fingerprint density at radius 2 is 2.00 bits per heavy atom. The van der Waals surface area contributed by atoms with Crippen LogP contribution in [0, 0.1) is 3.83 Å². The first-order valence-electron chi connectivity index (χ1n) is 11.0. The van der Waals surface area contributed by atoms with E-state index in [-0.39, 0.29) is 6.61 Å². The fourth-order valence-electron chi connectivity index (χ4n) is 4.89. The SMILES string of the molecule is CC1(C)O[C@@H]2[C@H](O1)[C@@H](COCP(=O)(O)O)O[C@H]2n1ccc2c(NC3CCCC3)nc(I)nc21. The smallest absolute Gasteiger partial charge is 0.350 e. The molecule has 3 N–H and O–H groups in total. The van der Waals surface area contributed by atoms with Crippen molar-refractivity contribution in [3.05, 3.63) is 16.1 Å². The lowest BCUT2D eigenvalue weighted by atomic mass is 10.1. The van der Waals surface area contributed by atoms with Gasteiger partial charge in [0.25, 0.3) is 0 Å². The fourth-order valence-corrected chi connectivity index (χ4v) is 5.70. The molecule has 2 aromatic rings. The predicted molar refractivity (Wildman–Crippen MR) is 127 cm³/mol. The summed E-state index contributed by atoms with van der Waals surface area (Å²) in [6.45, 7) is 3.64. The van der Waals surface area contributed by atoms with E-state index in [4.69, 9.17) is 28.7 Å². The molecular formula is C20H28IN4O7P. The molecule has 2 aromatic heterocycles. The molecule has 4 heterocycles. The van der Waals surface area contributed by atoms with Crippen LogP contribution in [0.15, 0.2) is 12.3 Å². The molecule has 0 aromatic carbocycles. The van der Waals surface area contributed by atoms with Crippen molar-refractivity contribution in [2.24, 2.45) is 0 Å². The van der Waals surface area contributed by atoms with Crippen LogP contribution in [0.25, 0.3) is 11.0 Å². The van der Waals surface area contributed by atoms with Crippen molar-refractivity contribution in [3.63, 3.8) is 0 Å². The average Bonchev–Trinajstić information content (AvgIpc) is 3.46. The number of aromatic nitrogens is 3. The van der Waals surface area contributed by atoms with Crippen LogP contribution in [0.3, 0.4) is 0 Å². The molecular weight excluding hydrogens is 566 g/mol. The minimum atomic E-state index is -4.28. The number of nitrogens with one attached hydrogen (secondary N) is 1. The van der Waals surface area contributed by atoms with Crippen LogP contribution >= 0.6 is 30.2 Å². The Morgan fingerprint density at radius 3 is 2.73 bits per heavy atom. The molecule has 0 spiro atoms. The molecule has 5 rings (SSSR count). The number of hydrogen-bond donors (Lipinski definition) is 3. The third-order valence-corrected chi connectivity index (χ3v) is 7.18. The maximum atomic E-state index is 11.2. The van der Waals surface area contributed by atoms with Crippen LogP contribution in [0.1, 0.15) is 45.8 Å². The molecule has 0 unspecified atom stereocenters. The number of hydrogen-bond acceptors (Lipinski definition) is 8. The van der Waals surface area contributed by atoms with E-state index in [1.807, 2.05) is 30.7 Å². The maximum Gasteiger partial charge on any atom is 0.350 e. The summed E-state index contributed by atoms with van der Waals surface area (Å²) in [5, 5.41) is 4.48. The van der Waals surface area contributed by atoms with Gasteiger partial charge in [0.05, 0.1) is 12.0 Å². The summed E-state index contributed by atoms with van der Waals surface area (Å²) in [7, 11) is -4.28. The van der Waals surface area contributed by atoms with E-state index in [0.717, 1.165) is 29.7 Å². The lowest BCUT2D eigenvalue weighted by Gasteiger charge is -2.25. The van der Waals surface area contributed by atoms with Gasteiger partial charge in [0.1, 0.15) is 36.1 Å². The Kier molecular flexibility index (Phi) is 6.49. The summed E-state index contributed by atoms with van der Waals surface area (Å²) in [5.41, 5.74) is 0.726. The molecule has 0 bridgehead atoms. The number of rotatable bonds is 7. The van der Waals surface area contributed by atoms with Crippen LogP contribution in [-0.2, 0) is 23.5 Å². The second-order valence-corrected chi connectivity index (χ2v) is 11.8. The number of ether oxygens (including phenoxy) is 4. The van der Waals surface area contributed by atoms with E-state index in [9.17, 15) is 4.57 Å². The molecule has 0 radical (unpaired) electrons. The van der Waals surface area contributed by atoms with Gasteiger partial charge in [-0.05, 0) is 32.8 Å². The molecule has 3 aliphatic rings. The van der Waals surface area contributed by atoms with Crippen molar-refractivity contribution >= 4 is 47.0 Å². The quantitative estimate of drug-likeness (QED) is 0.249. The Balaban J connectivity index is 1.43. The Morgan fingerprint density at radius 1 is 1.27 bits per heavy atom. The van der Waals surface area contributed by atoms with Gasteiger partial charge in [-0.1, -0.05) is 12.8 Å². The molecule has 33 heavy (non-hydrogen) atoms. The summed E-state index contributed by atoms with van der Waals surface area (Å²) in [4.78, 5) is 27.5. The van der Waals surface area contributed by atoms with Gasteiger partial charge < -0.3 is 38.6 Å². The van der Waals surface area contributed by atoms with Gasteiger partial charge in [-0.15, -0.1) is 0 Å². The van der Waals surface area contributed by atoms with Crippen molar-refractivity contribution in [3.8, 4) is 0 Å². The van der Waals surface area contributed by atoms with E-state index < -0.39 is 44.3 Å². The Labute approximate surface area is 204 Å².